The van der Waals surface area contributed by atoms with E-state index >= 15 is 0 Å². The number of anilines is 2. The molecule has 3 N–H and O–H groups in total. The fourth-order valence-electron chi connectivity index (χ4n) is 2.30. The monoisotopic (exact) mass is 272 g/mol. The zero-order chi connectivity index (χ0) is 14.5. The molecule has 2 aromatic rings. The summed E-state index contributed by atoms with van der Waals surface area (Å²) in [6.07, 6.45) is 2.35. The summed E-state index contributed by atoms with van der Waals surface area (Å²) in [6.45, 7) is 4.12. The van der Waals surface area contributed by atoms with Gasteiger partial charge in [-0.2, -0.15) is 0 Å². The van der Waals surface area contributed by atoms with Crippen LogP contribution in [0.25, 0.3) is 10.9 Å². The smallest absolute Gasteiger partial charge is 0.0727 e. The summed E-state index contributed by atoms with van der Waals surface area (Å²) in [5.41, 5.74) is 9.81. The molecule has 0 aliphatic heterocycles. The van der Waals surface area contributed by atoms with Gasteiger partial charge in [0.2, 0.25) is 0 Å². The fourth-order valence-corrected chi connectivity index (χ4v) is 2.30. The molecule has 0 saturated carbocycles. The van der Waals surface area contributed by atoms with E-state index in [1.54, 1.807) is 0 Å². The summed E-state index contributed by atoms with van der Waals surface area (Å²) < 4.78 is 0. The lowest BCUT2D eigenvalue weighted by atomic mass is 10.1. The average molecular weight is 272 g/mol. The summed E-state index contributed by atoms with van der Waals surface area (Å²) >= 11 is 0. The lowest BCUT2D eigenvalue weighted by molar-refractivity contribution is 0.396. The molecule has 1 aromatic carbocycles. The molecule has 20 heavy (non-hydrogen) atoms. The Balaban J connectivity index is 2.07. The molecule has 1 heterocycles. The van der Waals surface area contributed by atoms with Crippen molar-refractivity contribution in [2.24, 2.45) is 0 Å². The van der Waals surface area contributed by atoms with E-state index in [1.165, 1.54) is 6.42 Å². The molecule has 0 aliphatic rings. The molecular weight excluding hydrogens is 248 g/mol. The van der Waals surface area contributed by atoms with Crippen LogP contribution in [0.2, 0.25) is 0 Å². The van der Waals surface area contributed by atoms with Gasteiger partial charge in [-0.3, -0.25) is 4.98 Å². The number of nitrogens with zero attached hydrogens (tertiary/aromatic N) is 2. The minimum atomic E-state index is 0.777. The van der Waals surface area contributed by atoms with Gasteiger partial charge < -0.3 is 16.0 Å². The van der Waals surface area contributed by atoms with Crippen LogP contribution >= 0.6 is 0 Å². The van der Waals surface area contributed by atoms with Gasteiger partial charge in [-0.25, -0.2) is 0 Å². The van der Waals surface area contributed by atoms with Gasteiger partial charge in [0.25, 0.3) is 0 Å². The van der Waals surface area contributed by atoms with E-state index < -0.39 is 0 Å². The van der Waals surface area contributed by atoms with Crippen molar-refractivity contribution in [3.63, 3.8) is 0 Å². The van der Waals surface area contributed by atoms with E-state index in [9.17, 15) is 0 Å². The summed E-state index contributed by atoms with van der Waals surface area (Å²) in [5, 5.41) is 4.62. The van der Waals surface area contributed by atoms with Gasteiger partial charge in [-0.1, -0.05) is 0 Å². The number of unbranched alkanes of at least 4 members (excludes halogenated alkanes) is 1. The summed E-state index contributed by atoms with van der Waals surface area (Å²) in [6, 6.07) is 7.96. The van der Waals surface area contributed by atoms with E-state index in [-0.39, 0.29) is 0 Å². The number of hydrogen-bond donors (Lipinski definition) is 2. The lowest BCUT2D eigenvalue weighted by Gasteiger charge is -2.12. The van der Waals surface area contributed by atoms with Gasteiger partial charge in [0.1, 0.15) is 0 Å². The van der Waals surface area contributed by atoms with Crippen molar-refractivity contribution in [3.8, 4) is 0 Å². The van der Waals surface area contributed by atoms with Crippen LogP contribution < -0.4 is 11.1 Å². The Kier molecular flexibility index (Phi) is 4.79. The molecule has 4 heteroatoms. The number of pyridine rings is 1. The van der Waals surface area contributed by atoms with Crippen molar-refractivity contribution in [3.05, 3.63) is 30.0 Å². The zero-order valence-corrected chi connectivity index (χ0v) is 12.6. The van der Waals surface area contributed by atoms with E-state index in [0.717, 1.165) is 47.5 Å². The molecule has 0 fully saturated rings. The molecular formula is C16H24N4. The average Bonchev–Trinajstić information content (AvgIpc) is 2.38. The number of nitrogens with one attached hydrogen (secondary N) is 1. The molecule has 0 spiro atoms. The fraction of sp³-hybridized carbons (Fsp3) is 0.438. The van der Waals surface area contributed by atoms with Crippen molar-refractivity contribution >= 4 is 22.3 Å². The standard InChI is InChI=1S/C16H24N4/c1-12-10-16(18-8-4-5-9-20(2)3)14-11-13(17)6-7-15(14)19-12/h6-7,10-11H,4-5,8-9,17H2,1-3H3,(H,18,19). The second-order valence-corrected chi connectivity index (χ2v) is 5.52. The van der Waals surface area contributed by atoms with Crippen LogP contribution in [0.4, 0.5) is 11.4 Å². The van der Waals surface area contributed by atoms with Crippen molar-refractivity contribution in [1.29, 1.82) is 0 Å². The molecule has 0 radical (unpaired) electrons. The highest BCUT2D eigenvalue weighted by atomic mass is 15.0. The summed E-state index contributed by atoms with van der Waals surface area (Å²) in [7, 11) is 4.21. The molecule has 0 amide bonds. The zero-order valence-electron chi connectivity index (χ0n) is 12.6. The summed E-state index contributed by atoms with van der Waals surface area (Å²) in [5.74, 6) is 0. The van der Waals surface area contributed by atoms with E-state index in [0.29, 0.717) is 0 Å². The molecule has 2 rings (SSSR count). The van der Waals surface area contributed by atoms with Gasteiger partial charge in [0.15, 0.2) is 0 Å². The third kappa shape index (κ3) is 3.84. The van der Waals surface area contributed by atoms with Gasteiger partial charge in [-0.15, -0.1) is 0 Å². The maximum atomic E-state index is 5.88. The first-order valence-electron chi connectivity index (χ1n) is 7.12. The van der Waals surface area contributed by atoms with Crippen molar-refractivity contribution in [1.82, 2.24) is 9.88 Å². The van der Waals surface area contributed by atoms with E-state index in [4.69, 9.17) is 5.73 Å². The molecule has 108 valence electrons. The predicted octanol–water partition coefficient (Wildman–Crippen LogP) is 2.88. The first-order chi connectivity index (χ1) is 9.56. The third-order valence-electron chi connectivity index (χ3n) is 3.31. The van der Waals surface area contributed by atoms with Crippen LogP contribution in [-0.4, -0.2) is 37.1 Å². The van der Waals surface area contributed by atoms with Gasteiger partial charge in [0.05, 0.1) is 5.52 Å². The highest BCUT2D eigenvalue weighted by Crippen LogP contribution is 2.25. The quantitative estimate of drug-likeness (QED) is 0.627. The van der Waals surface area contributed by atoms with Crippen LogP contribution in [0.15, 0.2) is 24.3 Å². The van der Waals surface area contributed by atoms with Gasteiger partial charge >= 0.3 is 0 Å². The first kappa shape index (κ1) is 14.6. The molecule has 0 unspecified atom stereocenters. The number of hydrogen-bond acceptors (Lipinski definition) is 4. The van der Waals surface area contributed by atoms with E-state index in [1.807, 2.05) is 25.1 Å². The Morgan fingerprint density at radius 3 is 2.75 bits per heavy atom. The van der Waals surface area contributed by atoms with Crippen LogP contribution in [0.5, 0.6) is 0 Å². The lowest BCUT2D eigenvalue weighted by Crippen LogP contribution is -2.14. The largest absolute Gasteiger partial charge is 0.399 e. The molecule has 0 bridgehead atoms. The van der Waals surface area contributed by atoms with Crippen LogP contribution in [0.1, 0.15) is 18.5 Å². The van der Waals surface area contributed by atoms with Crippen LogP contribution in [-0.2, 0) is 0 Å². The predicted molar refractivity (Wildman–Crippen MR) is 87.2 cm³/mol. The summed E-state index contributed by atoms with van der Waals surface area (Å²) in [4.78, 5) is 6.76. The molecule has 1 aromatic heterocycles. The Hall–Kier alpha value is -1.81. The minimum absolute atomic E-state index is 0.777. The normalized spacial score (nSPS) is 11.2. The third-order valence-corrected chi connectivity index (χ3v) is 3.31. The maximum Gasteiger partial charge on any atom is 0.0727 e. The van der Waals surface area contributed by atoms with Crippen molar-refractivity contribution in [2.75, 3.05) is 38.2 Å². The number of benzene rings is 1. The van der Waals surface area contributed by atoms with E-state index in [2.05, 4.69) is 35.4 Å². The van der Waals surface area contributed by atoms with Crippen LogP contribution in [0.3, 0.4) is 0 Å². The highest BCUT2D eigenvalue weighted by molar-refractivity contribution is 5.93. The Morgan fingerprint density at radius 2 is 2.00 bits per heavy atom. The maximum absolute atomic E-state index is 5.88. The number of rotatable bonds is 6. The number of nitrogen functional groups attached to an aromatic ring is 1. The minimum Gasteiger partial charge on any atom is -0.399 e. The second-order valence-electron chi connectivity index (χ2n) is 5.52. The Bertz CT molecular complexity index is 578. The van der Waals surface area contributed by atoms with Gasteiger partial charge in [0, 0.05) is 29.0 Å². The van der Waals surface area contributed by atoms with Crippen LogP contribution in [0, 0.1) is 6.92 Å². The number of fused-ring (bicyclic) bond motifs is 1. The second kappa shape index (κ2) is 6.57. The molecule has 0 atom stereocenters. The molecule has 0 aliphatic carbocycles. The number of nitrogens with two attached hydrogens (primary N) is 1. The molecule has 4 nitrogen and oxygen atoms in total. The highest BCUT2D eigenvalue weighted by Gasteiger charge is 2.04. The topological polar surface area (TPSA) is 54.2 Å². The Morgan fingerprint density at radius 1 is 1.20 bits per heavy atom. The first-order valence-corrected chi connectivity index (χ1v) is 7.12. The van der Waals surface area contributed by atoms with Crippen molar-refractivity contribution in [2.45, 2.75) is 19.8 Å². The number of aromatic nitrogens is 1. The number of aryl methyl sites for hydroxylation is 1. The SMILES string of the molecule is Cc1cc(NCCCCN(C)C)c2cc(N)ccc2n1. The Labute approximate surface area is 121 Å². The van der Waals surface area contributed by atoms with Crippen molar-refractivity contribution < 1.29 is 0 Å². The van der Waals surface area contributed by atoms with Gasteiger partial charge in [-0.05, 0) is 64.7 Å². The molecule has 0 saturated heterocycles.